The van der Waals surface area contributed by atoms with E-state index in [9.17, 15) is 12.8 Å². The number of likely N-dealkylation sites (tertiary alicyclic amines) is 2. The van der Waals surface area contributed by atoms with Crippen LogP contribution in [0, 0.1) is 0 Å². The molecule has 3 aliphatic rings. The number of rotatable bonds is 7. The zero-order chi connectivity index (χ0) is 27.0. The SMILES string of the molecule is CC(C)(C)N1CCC2(CCc3cc(-c4cccc(CS(=O)(=O)CCCN5CC[C@@H](F)C5)c4)ccc3O2)CC1. The maximum absolute atomic E-state index is 13.4. The van der Waals surface area contributed by atoms with Crippen LogP contribution in [0.1, 0.15) is 64.0 Å². The molecule has 0 bridgehead atoms. The minimum Gasteiger partial charge on any atom is -0.487 e. The summed E-state index contributed by atoms with van der Waals surface area (Å²) < 4.78 is 45.6. The minimum absolute atomic E-state index is 0.0364. The van der Waals surface area contributed by atoms with Crippen molar-refractivity contribution in [2.24, 2.45) is 0 Å². The van der Waals surface area contributed by atoms with Crippen molar-refractivity contribution in [3.63, 3.8) is 0 Å². The zero-order valence-electron chi connectivity index (χ0n) is 23.2. The molecule has 7 heteroatoms. The molecule has 2 saturated heterocycles. The molecular formula is C31H43FN2O3S. The molecule has 2 fully saturated rings. The van der Waals surface area contributed by atoms with Gasteiger partial charge in [-0.1, -0.05) is 30.3 Å². The number of ether oxygens (including phenoxy) is 1. The van der Waals surface area contributed by atoms with Gasteiger partial charge < -0.3 is 9.64 Å². The topological polar surface area (TPSA) is 49.9 Å². The van der Waals surface area contributed by atoms with Gasteiger partial charge in [0.1, 0.15) is 17.5 Å². The molecule has 3 aliphatic heterocycles. The standard InChI is InChI=1S/C31H43FN2O3S/c1-30(2,3)34-17-13-31(14-18-34)12-10-27-21-26(8-9-29(27)37-31)25-7-4-6-24(20-25)23-38(35,36)19-5-15-33-16-11-28(32)22-33/h4,6-9,20-21,28H,5,10-19,22-23H2,1-3H3/t28-/m1/s1. The van der Waals surface area contributed by atoms with Gasteiger partial charge in [0.25, 0.3) is 0 Å². The summed E-state index contributed by atoms with van der Waals surface area (Å²) in [6, 6.07) is 14.3. The fourth-order valence-corrected chi connectivity index (χ4v) is 7.70. The van der Waals surface area contributed by atoms with Crippen molar-refractivity contribution in [3.05, 3.63) is 53.6 Å². The molecule has 0 saturated carbocycles. The first-order valence-corrected chi connectivity index (χ1v) is 16.1. The number of nitrogens with zero attached hydrogens (tertiary/aromatic N) is 2. The van der Waals surface area contributed by atoms with Crippen molar-refractivity contribution in [1.82, 2.24) is 9.80 Å². The molecule has 2 aromatic rings. The lowest BCUT2D eigenvalue weighted by Crippen LogP contribution is -2.54. The van der Waals surface area contributed by atoms with Gasteiger partial charge >= 0.3 is 0 Å². The molecule has 1 spiro atoms. The van der Waals surface area contributed by atoms with Crippen molar-refractivity contribution in [2.75, 3.05) is 38.5 Å². The average molecular weight is 543 g/mol. The quantitative estimate of drug-likeness (QED) is 0.452. The molecule has 0 aromatic heterocycles. The molecule has 0 N–H and O–H groups in total. The highest BCUT2D eigenvalue weighted by Crippen LogP contribution is 2.41. The summed E-state index contributed by atoms with van der Waals surface area (Å²) in [5.74, 6) is 1.17. The Morgan fingerprint density at radius 1 is 1.03 bits per heavy atom. The number of hydrogen-bond acceptors (Lipinski definition) is 5. The Hall–Kier alpha value is -1.96. The van der Waals surface area contributed by atoms with Crippen molar-refractivity contribution < 1.29 is 17.5 Å². The Morgan fingerprint density at radius 2 is 1.79 bits per heavy atom. The van der Waals surface area contributed by atoms with Gasteiger partial charge in [0, 0.05) is 31.7 Å². The molecule has 0 radical (unpaired) electrons. The number of halogens is 1. The Morgan fingerprint density at radius 3 is 2.50 bits per heavy atom. The molecular weight excluding hydrogens is 499 g/mol. The predicted molar refractivity (Wildman–Crippen MR) is 152 cm³/mol. The summed E-state index contributed by atoms with van der Waals surface area (Å²) in [5, 5.41) is 0. The Labute approximate surface area is 228 Å². The van der Waals surface area contributed by atoms with Gasteiger partial charge in [0.05, 0.1) is 11.5 Å². The van der Waals surface area contributed by atoms with E-state index in [1.165, 1.54) is 5.56 Å². The summed E-state index contributed by atoms with van der Waals surface area (Å²) >= 11 is 0. The van der Waals surface area contributed by atoms with E-state index >= 15 is 0 Å². The van der Waals surface area contributed by atoms with Crippen LogP contribution < -0.4 is 4.74 Å². The van der Waals surface area contributed by atoms with Gasteiger partial charge in [-0.05, 0) is 100 Å². The monoisotopic (exact) mass is 542 g/mol. The zero-order valence-corrected chi connectivity index (χ0v) is 24.0. The van der Waals surface area contributed by atoms with Gasteiger partial charge in [-0.25, -0.2) is 12.8 Å². The minimum atomic E-state index is -3.23. The molecule has 0 unspecified atom stereocenters. The van der Waals surface area contributed by atoms with Crippen molar-refractivity contribution in [2.45, 2.75) is 82.4 Å². The summed E-state index contributed by atoms with van der Waals surface area (Å²) in [7, 11) is -3.23. The van der Waals surface area contributed by atoms with Gasteiger partial charge in [0.2, 0.25) is 0 Å². The Bertz CT molecular complexity index is 1230. The van der Waals surface area contributed by atoms with E-state index < -0.39 is 16.0 Å². The summed E-state index contributed by atoms with van der Waals surface area (Å²) in [6.07, 6.45) is 4.53. The summed E-state index contributed by atoms with van der Waals surface area (Å²) in [5.41, 5.74) is 4.33. The molecule has 208 valence electrons. The number of hydrogen-bond donors (Lipinski definition) is 0. The molecule has 5 nitrogen and oxygen atoms in total. The van der Waals surface area contributed by atoms with E-state index in [0.29, 0.717) is 25.9 Å². The first-order chi connectivity index (χ1) is 18.0. The summed E-state index contributed by atoms with van der Waals surface area (Å²) in [6.45, 7) is 10.8. The number of sulfone groups is 1. The van der Waals surface area contributed by atoms with E-state index in [2.05, 4.69) is 43.9 Å². The number of piperidine rings is 1. The van der Waals surface area contributed by atoms with Crippen LogP contribution in [-0.2, 0) is 22.0 Å². The first-order valence-electron chi connectivity index (χ1n) is 14.2. The van der Waals surface area contributed by atoms with Gasteiger partial charge in [-0.2, -0.15) is 0 Å². The highest BCUT2D eigenvalue weighted by Gasteiger charge is 2.41. The number of aryl methyl sites for hydroxylation is 1. The predicted octanol–water partition coefficient (Wildman–Crippen LogP) is 5.66. The van der Waals surface area contributed by atoms with Crippen LogP contribution in [-0.4, -0.2) is 74.0 Å². The fraction of sp³-hybridized carbons (Fsp3) is 0.613. The molecule has 0 amide bonds. The number of fused-ring (bicyclic) bond motifs is 1. The van der Waals surface area contributed by atoms with E-state index in [4.69, 9.17) is 4.74 Å². The van der Waals surface area contributed by atoms with Gasteiger partial charge in [-0.3, -0.25) is 4.90 Å². The Kier molecular flexibility index (Phi) is 7.92. The molecule has 5 rings (SSSR count). The third-order valence-corrected chi connectivity index (χ3v) is 10.3. The largest absolute Gasteiger partial charge is 0.487 e. The van der Waals surface area contributed by atoms with E-state index in [1.807, 2.05) is 29.2 Å². The third-order valence-electron chi connectivity index (χ3n) is 8.65. The average Bonchev–Trinajstić information content (AvgIpc) is 3.28. The van der Waals surface area contributed by atoms with E-state index in [-0.39, 0.29) is 22.6 Å². The van der Waals surface area contributed by atoms with Crippen molar-refractivity contribution >= 4 is 9.84 Å². The third kappa shape index (κ3) is 6.60. The first kappa shape index (κ1) is 27.6. The smallest absolute Gasteiger partial charge is 0.154 e. The molecule has 1 atom stereocenters. The molecule has 0 aliphatic carbocycles. The Balaban J connectivity index is 1.20. The van der Waals surface area contributed by atoms with E-state index in [1.54, 1.807) is 0 Å². The van der Waals surface area contributed by atoms with Crippen LogP contribution in [0.5, 0.6) is 5.75 Å². The molecule has 2 aromatic carbocycles. The number of alkyl halides is 1. The lowest BCUT2D eigenvalue weighted by atomic mass is 9.81. The van der Waals surface area contributed by atoms with Crippen LogP contribution in [0.3, 0.4) is 0 Å². The van der Waals surface area contributed by atoms with Crippen LogP contribution in [0.2, 0.25) is 0 Å². The van der Waals surface area contributed by atoms with E-state index in [0.717, 1.165) is 67.8 Å². The van der Waals surface area contributed by atoms with Crippen LogP contribution >= 0.6 is 0 Å². The normalized spacial score (nSPS) is 22.4. The highest BCUT2D eigenvalue weighted by atomic mass is 32.2. The lowest BCUT2D eigenvalue weighted by molar-refractivity contribution is -0.0355. The van der Waals surface area contributed by atoms with Crippen LogP contribution in [0.15, 0.2) is 42.5 Å². The number of benzene rings is 2. The van der Waals surface area contributed by atoms with Gasteiger partial charge in [0.15, 0.2) is 9.84 Å². The van der Waals surface area contributed by atoms with Gasteiger partial charge in [-0.15, -0.1) is 0 Å². The van der Waals surface area contributed by atoms with Crippen LogP contribution in [0.25, 0.3) is 11.1 Å². The maximum atomic E-state index is 13.4. The second-order valence-corrected chi connectivity index (χ2v) is 14.8. The molecule has 3 heterocycles. The van der Waals surface area contributed by atoms with Crippen molar-refractivity contribution in [3.8, 4) is 16.9 Å². The van der Waals surface area contributed by atoms with Crippen LogP contribution in [0.4, 0.5) is 4.39 Å². The maximum Gasteiger partial charge on any atom is 0.154 e. The second kappa shape index (κ2) is 10.9. The fourth-order valence-electron chi connectivity index (χ4n) is 6.30. The highest BCUT2D eigenvalue weighted by molar-refractivity contribution is 7.90. The lowest BCUT2D eigenvalue weighted by Gasteiger charge is -2.48. The summed E-state index contributed by atoms with van der Waals surface area (Å²) in [4.78, 5) is 4.58. The molecule has 38 heavy (non-hydrogen) atoms. The van der Waals surface area contributed by atoms with Crippen molar-refractivity contribution in [1.29, 1.82) is 0 Å². The second-order valence-electron chi connectivity index (χ2n) is 12.6.